The summed E-state index contributed by atoms with van der Waals surface area (Å²) in [5, 5.41) is 7.29. The number of anilines is 2. The Bertz CT molecular complexity index is 1700. The van der Waals surface area contributed by atoms with Crippen LogP contribution in [0.1, 0.15) is 54.9 Å². The molecule has 1 fully saturated rings. The predicted octanol–water partition coefficient (Wildman–Crippen LogP) is 3.66. The normalized spacial score (nSPS) is 15.0. The predicted molar refractivity (Wildman–Crippen MR) is 158 cm³/mol. The quantitative estimate of drug-likeness (QED) is 0.301. The summed E-state index contributed by atoms with van der Waals surface area (Å²) in [4.78, 5) is 37.9. The number of carbonyl (C=O) groups excluding carboxylic acids is 2. The van der Waals surface area contributed by atoms with Crippen molar-refractivity contribution >= 4 is 29.0 Å². The molecular weight excluding hydrogens is 556 g/mol. The zero-order valence-electron chi connectivity index (χ0n) is 24.2. The summed E-state index contributed by atoms with van der Waals surface area (Å²) in [5.74, 6) is 2.70. The Morgan fingerprint density at radius 1 is 1.14 bits per heavy atom. The van der Waals surface area contributed by atoms with Gasteiger partial charge < -0.3 is 20.9 Å². The molecule has 3 N–H and O–H groups in total. The third-order valence-electron chi connectivity index (χ3n) is 7.56. The molecule has 5 rings (SSSR count). The molecule has 4 heterocycles. The van der Waals surface area contributed by atoms with Gasteiger partial charge in [0.15, 0.2) is 11.5 Å². The van der Waals surface area contributed by atoms with Crippen LogP contribution in [-0.4, -0.2) is 78.0 Å². The molecule has 4 aromatic rings. The lowest BCUT2D eigenvalue weighted by atomic mass is 10.0. The number of rotatable bonds is 8. The number of halogens is 2. The number of aryl methyl sites for hydroxylation is 1. The smallest absolute Gasteiger partial charge is 0.282 e. The molecule has 43 heavy (non-hydrogen) atoms. The van der Waals surface area contributed by atoms with Gasteiger partial charge in [0, 0.05) is 61.6 Å². The largest absolute Gasteiger partial charge is 0.338 e. The van der Waals surface area contributed by atoms with Crippen LogP contribution >= 0.6 is 0 Å². The van der Waals surface area contributed by atoms with Crippen LogP contribution in [0, 0.1) is 12.3 Å². The highest BCUT2D eigenvalue weighted by Gasteiger charge is 2.27. The number of amides is 2. The second kappa shape index (κ2) is 12.2. The molecule has 2 amide bonds. The molecule has 1 aliphatic rings. The van der Waals surface area contributed by atoms with Gasteiger partial charge in [-0.05, 0) is 44.0 Å². The number of imidazole rings is 1. The molecule has 2 atom stereocenters. The Morgan fingerprint density at radius 2 is 1.86 bits per heavy atom. The number of nitrogens with zero attached hydrogens (tertiary/aromatic N) is 7. The van der Waals surface area contributed by atoms with Gasteiger partial charge in [0.05, 0.1) is 17.9 Å². The Kier molecular flexibility index (Phi) is 8.40. The van der Waals surface area contributed by atoms with Gasteiger partial charge in [-0.3, -0.25) is 18.7 Å². The average Bonchev–Trinajstić information content (AvgIpc) is 3.65. The summed E-state index contributed by atoms with van der Waals surface area (Å²) < 4.78 is 30.8. The molecule has 0 bridgehead atoms. The number of nitrogens with one attached hydrogen (secondary N) is 1. The van der Waals surface area contributed by atoms with Crippen molar-refractivity contribution in [2.45, 2.75) is 45.7 Å². The number of nitrogens with two attached hydrogens (primary N) is 1. The fraction of sp³-hybridized carbons (Fsp3) is 0.367. The number of hydrogen-bond donors (Lipinski definition) is 2. The molecule has 224 valence electrons. The second-order valence-corrected chi connectivity index (χ2v) is 10.4. The lowest BCUT2D eigenvalue weighted by molar-refractivity contribution is -0.133. The van der Waals surface area contributed by atoms with Gasteiger partial charge in [-0.15, -0.1) is 6.42 Å². The summed E-state index contributed by atoms with van der Waals surface area (Å²) in [7, 11) is 0. The SMILES string of the molecule is C#CC(C)n1cc(-c2cnc3c(Nc4ccc(C(=O)N5CCN(C(=O)[C@H](C)N)CC5)c(CC)c4)nccn23)c(C(F)F)n1. The first-order valence-corrected chi connectivity index (χ1v) is 14.0. The van der Waals surface area contributed by atoms with Gasteiger partial charge >= 0.3 is 0 Å². The molecule has 0 radical (unpaired) electrons. The Labute approximate surface area is 247 Å². The van der Waals surface area contributed by atoms with Crippen molar-refractivity contribution < 1.29 is 18.4 Å². The maximum absolute atomic E-state index is 13.9. The Hall–Kier alpha value is -4.83. The summed E-state index contributed by atoms with van der Waals surface area (Å²) >= 11 is 0. The minimum absolute atomic E-state index is 0.0936. The van der Waals surface area contributed by atoms with Crippen LogP contribution in [0.25, 0.3) is 16.9 Å². The molecule has 1 aliphatic heterocycles. The number of fused-ring (bicyclic) bond motifs is 1. The summed E-state index contributed by atoms with van der Waals surface area (Å²) in [6.07, 6.45) is 9.47. The third-order valence-corrected chi connectivity index (χ3v) is 7.56. The maximum Gasteiger partial charge on any atom is 0.282 e. The van der Waals surface area contributed by atoms with E-state index in [-0.39, 0.29) is 23.1 Å². The molecule has 0 aliphatic carbocycles. The highest BCUT2D eigenvalue weighted by atomic mass is 19.3. The number of benzene rings is 1. The summed E-state index contributed by atoms with van der Waals surface area (Å²) in [6.45, 7) is 7.07. The second-order valence-electron chi connectivity index (χ2n) is 10.4. The monoisotopic (exact) mass is 589 g/mol. The fourth-order valence-electron chi connectivity index (χ4n) is 5.14. The van der Waals surface area contributed by atoms with E-state index in [0.29, 0.717) is 61.0 Å². The van der Waals surface area contributed by atoms with Gasteiger partial charge in [0.25, 0.3) is 12.3 Å². The topological polar surface area (TPSA) is 127 Å². The van der Waals surface area contributed by atoms with E-state index in [9.17, 15) is 18.4 Å². The van der Waals surface area contributed by atoms with Crippen LogP contribution in [0.15, 0.2) is 43.0 Å². The summed E-state index contributed by atoms with van der Waals surface area (Å²) in [5.41, 5.74) is 8.53. The number of terminal acetylenes is 1. The molecule has 0 saturated carbocycles. The van der Waals surface area contributed by atoms with Crippen molar-refractivity contribution in [3.63, 3.8) is 0 Å². The number of piperazine rings is 1. The van der Waals surface area contributed by atoms with Crippen LogP contribution in [0.2, 0.25) is 0 Å². The van der Waals surface area contributed by atoms with E-state index in [2.05, 4.69) is 26.3 Å². The van der Waals surface area contributed by atoms with E-state index in [1.54, 1.807) is 52.6 Å². The van der Waals surface area contributed by atoms with Crippen LogP contribution in [0.4, 0.5) is 20.3 Å². The van der Waals surface area contributed by atoms with Gasteiger partial charge in [0.1, 0.15) is 11.7 Å². The van der Waals surface area contributed by atoms with E-state index in [1.807, 2.05) is 13.0 Å². The number of aromatic nitrogens is 5. The van der Waals surface area contributed by atoms with Gasteiger partial charge in [-0.1, -0.05) is 12.8 Å². The van der Waals surface area contributed by atoms with Crippen LogP contribution < -0.4 is 11.1 Å². The summed E-state index contributed by atoms with van der Waals surface area (Å²) in [6, 6.07) is 4.38. The van der Waals surface area contributed by atoms with Crippen molar-refractivity contribution in [2.75, 3.05) is 31.5 Å². The van der Waals surface area contributed by atoms with Crippen molar-refractivity contribution in [3.05, 3.63) is 59.8 Å². The standard InChI is InChI=1S/C30H33F2N9O2/c1-5-18(3)41-17-23(25(37-41)26(31)32)24-16-35-28-27(34-9-10-40(24)28)36-21-7-8-22(20(6-2)15-21)30(43)39-13-11-38(12-14-39)29(42)19(4)33/h1,7-10,15-19,26H,6,11-14,33H2,2-4H3,(H,34,36)/t18?,19-/m0/s1. The van der Waals surface area contributed by atoms with Crippen LogP contribution in [0.3, 0.4) is 0 Å². The van der Waals surface area contributed by atoms with Crippen molar-refractivity contribution in [1.82, 2.24) is 33.9 Å². The molecule has 11 nitrogen and oxygen atoms in total. The number of alkyl halides is 2. The van der Waals surface area contributed by atoms with E-state index in [1.165, 1.54) is 17.1 Å². The highest BCUT2D eigenvalue weighted by Crippen LogP contribution is 2.33. The minimum Gasteiger partial charge on any atom is -0.338 e. The molecule has 13 heteroatoms. The van der Waals surface area contributed by atoms with E-state index in [4.69, 9.17) is 12.2 Å². The lowest BCUT2D eigenvalue weighted by Crippen LogP contribution is -2.53. The van der Waals surface area contributed by atoms with Gasteiger partial charge in [-0.2, -0.15) is 5.10 Å². The van der Waals surface area contributed by atoms with Crippen LogP contribution in [-0.2, 0) is 11.2 Å². The van der Waals surface area contributed by atoms with Gasteiger partial charge in [-0.25, -0.2) is 18.7 Å². The van der Waals surface area contributed by atoms with Crippen molar-refractivity contribution in [3.8, 4) is 23.6 Å². The van der Waals surface area contributed by atoms with Crippen molar-refractivity contribution in [2.24, 2.45) is 5.73 Å². The zero-order chi connectivity index (χ0) is 30.8. The van der Waals surface area contributed by atoms with E-state index in [0.717, 1.165) is 5.56 Å². The first-order valence-electron chi connectivity index (χ1n) is 14.0. The maximum atomic E-state index is 13.9. The van der Waals surface area contributed by atoms with Crippen molar-refractivity contribution in [1.29, 1.82) is 0 Å². The first kappa shape index (κ1) is 29.7. The third kappa shape index (κ3) is 5.78. The molecule has 1 aromatic carbocycles. The average molecular weight is 590 g/mol. The zero-order valence-corrected chi connectivity index (χ0v) is 24.2. The number of carbonyl (C=O) groups is 2. The van der Waals surface area contributed by atoms with Gasteiger partial charge in [0.2, 0.25) is 5.91 Å². The van der Waals surface area contributed by atoms with E-state index < -0.39 is 18.5 Å². The highest BCUT2D eigenvalue weighted by molar-refractivity contribution is 5.96. The Balaban J connectivity index is 1.38. The van der Waals surface area contributed by atoms with Crippen LogP contribution in [0.5, 0.6) is 0 Å². The fourth-order valence-corrected chi connectivity index (χ4v) is 5.14. The molecule has 1 unspecified atom stereocenters. The lowest BCUT2D eigenvalue weighted by Gasteiger charge is -2.35. The Morgan fingerprint density at radius 3 is 2.51 bits per heavy atom. The first-order chi connectivity index (χ1) is 20.6. The van der Waals surface area contributed by atoms with E-state index >= 15 is 0 Å². The molecule has 3 aromatic heterocycles. The molecular formula is C30H33F2N9O2. The molecule has 1 saturated heterocycles. The number of hydrogen-bond acceptors (Lipinski definition) is 7. The minimum atomic E-state index is -2.80. The molecule has 0 spiro atoms.